The number of non-ortho nitro benzene ring substituents is 1. The molecule has 1 aliphatic rings. The number of rotatable bonds is 7. The zero-order valence-electron chi connectivity index (χ0n) is 19.9. The Kier molecular flexibility index (Phi) is 7.46. The maximum Gasteiger partial charge on any atom is 0.269 e. The lowest BCUT2D eigenvalue weighted by Crippen LogP contribution is -2.42. The molecular formula is C23H24N4O7S3. The van der Waals surface area contributed by atoms with Crippen molar-refractivity contribution in [2.45, 2.75) is 34.3 Å². The molecule has 2 atom stereocenters. The summed E-state index contributed by atoms with van der Waals surface area (Å²) in [6.07, 6.45) is 2.06. The van der Waals surface area contributed by atoms with Crippen LogP contribution < -0.4 is 5.32 Å². The van der Waals surface area contributed by atoms with Gasteiger partial charge in [0.15, 0.2) is 5.13 Å². The summed E-state index contributed by atoms with van der Waals surface area (Å²) < 4.78 is 53.0. The Balaban J connectivity index is 1.46. The molecule has 0 saturated carbocycles. The van der Waals surface area contributed by atoms with Crippen LogP contribution in [0.4, 0.5) is 10.8 Å². The highest BCUT2D eigenvalue weighted by Gasteiger charge is 2.31. The molecule has 1 saturated heterocycles. The van der Waals surface area contributed by atoms with Crippen LogP contribution in [0, 0.1) is 22.0 Å². The highest BCUT2D eigenvalue weighted by atomic mass is 32.2. The van der Waals surface area contributed by atoms with Crippen molar-refractivity contribution in [3.63, 3.8) is 0 Å². The fourth-order valence-corrected chi connectivity index (χ4v) is 8.31. The van der Waals surface area contributed by atoms with Crippen molar-refractivity contribution in [1.29, 1.82) is 0 Å². The summed E-state index contributed by atoms with van der Waals surface area (Å²) in [5, 5.41) is 13.3. The van der Waals surface area contributed by atoms with E-state index in [4.69, 9.17) is 0 Å². The van der Waals surface area contributed by atoms with E-state index in [9.17, 15) is 31.7 Å². The SMILES string of the molecule is C[C@H]1C[C@H](C)CN(S(=O)(=O)c2ccc(C(=O)Nc3ncc(S(=O)(=O)c4ccc([N+](=O)[O-])cc4)s3)cc2)C1. The third kappa shape index (κ3) is 5.71. The molecule has 1 aromatic heterocycles. The molecule has 11 nitrogen and oxygen atoms in total. The van der Waals surface area contributed by atoms with Gasteiger partial charge in [0.25, 0.3) is 11.6 Å². The molecule has 4 rings (SSSR count). The van der Waals surface area contributed by atoms with Crippen LogP contribution in [0.3, 0.4) is 0 Å². The van der Waals surface area contributed by atoms with E-state index in [1.54, 1.807) is 0 Å². The van der Waals surface area contributed by atoms with E-state index in [1.165, 1.54) is 28.6 Å². The molecule has 2 aromatic carbocycles. The Morgan fingerprint density at radius 1 is 1.00 bits per heavy atom. The summed E-state index contributed by atoms with van der Waals surface area (Å²) in [5.74, 6) is -0.0650. The fraction of sp³-hybridized carbons (Fsp3) is 0.304. The highest BCUT2D eigenvalue weighted by Crippen LogP contribution is 2.30. The predicted octanol–water partition coefficient (Wildman–Crippen LogP) is 3.80. The minimum Gasteiger partial charge on any atom is -0.298 e. The second-order valence-corrected chi connectivity index (χ2v) is 14.1. The lowest BCUT2D eigenvalue weighted by atomic mass is 9.94. The Bertz CT molecular complexity index is 1520. The van der Waals surface area contributed by atoms with Gasteiger partial charge in [-0.25, -0.2) is 21.8 Å². The number of carbonyl (C=O) groups is 1. The molecule has 1 amide bonds. The van der Waals surface area contributed by atoms with Crippen molar-refractivity contribution < 1.29 is 26.6 Å². The molecule has 2 heterocycles. The zero-order chi connectivity index (χ0) is 27.0. The number of sulfonamides is 1. The molecule has 0 unspecified atom stereocenters. The number of piperidine rings is 1. The molecule has 3 aromatic rings. The number of aromatic nitrogens is 1. The third-order valence-corrected chi connectivity index (χ3v) is 10.9. The number of sulfone groups is 1. The van der Waals surface area contributed by atoms with Crippen LogP contribution >= 0.6 is 11.3 Å². The minimum atomic E-state index is -3.99. The first kappa shape index (κ1) is 26.9. The van der Waals surface area contributed by atoms with Crippen LogP contribution in [0.15, 0.2) is 68.7 Å². The Morgan fingerprint density at radius 2 is 1.57 bits per heavy atom. The van der Waals surface area contributed by atoms with E-state index in [-0.39, 0.29) is 42.2 Å². The topological polar surface area (TPSA) is 157 Å². The number of hydrogen-bond donors (Lipinski definition) is 1. The van der Waals surface area contributed by atoms with Crippen LogP contribution in [0.2, 0.25) is 0 Å². The number of nitrogens with one attached hydrogen (secondary N) is 1. The number of nitro benzene ring substituents is 1. The zero-order valence-corrected chi connectivity index (χ0v) is 22.3. The average molecular weight is 565 g/mol. The smallest absolute Gasteiger partial charge is 0.269 e. The molecule has 0 radical (unpaired) electrons. The number of nitrogens with zero attached hydrogens (tertiary/aromatic N) is 3. The van der Waals surface area contributed by atoms with Crippen LogP contribution in [-0.2, 0) is 19.9 Å². The maximum atomic E-state index is 13.0. The van der Waals surface area contributed by atoms with Crippen LogP contribution in [0.1, 0.15) is 30.6 Å². The third-order valence-electron chi connectivity index (χ3n) is 5.92. The van der Waals surface area contributed by atoms with Crippen LogP contribution in [0.5, 0.6) is 0 Å². The normalized spacial score (nSPS) is 18.9. The molecule has 0 aliphatic carbocycles. The predicted molar refractivity (Wildman–Crippen MR) is 137 cm³/mol. The first-order chi connectivity index (χ1) is 17.4. The molecule has 0 bridgehead atoms. The molecular weight excluding hydrogens is 540 g/mol. The first-order valence-electron chi connectivity index (χ1n) is 11.2. The fourth-order valence-electron chi connectivity index (χ4n) is 4.20. The Hall–Kier alpha value is -3.20. The van der Waals surface area contributed by atoms with Gasteiger partial charge < -0.3 is 0 Å². The summed E-state index contributed by atoms with van der Waals surface area (Å²) in [5.41, 5.74) is -0.0654. The number of amides is 1. The lowest BCUT2D eigenvalue weighted by Gasteiger charge is -2.34. The van der Waals surface area contributed by atoms with Crippen molar-refractivity contribution >= 4 is 47.9 Å². The number of hydrogen-bond acceptors (Lipinski definition) is 9. The van der Waals surface area contributed by atoms with Crippen molar-refractivity contribution in [1.82, 2.24) is 9.29 Å². The average Bonchev–Trinajstić information content (AvgIpc) is 3.33. The quantitative estimate of drug-likeness (QED) is 0.335. The second-order valence-electron chi connectivity index (χ2n) is 8.99. The van der Waals surface area contributed by atoms with Gasteiger partial charge in [0.2, 0.25) is 19.9 Å². The summed E-state index contributed by atoms with van der Waals surface area (Å²) in [6, 6.07) is 9.97. The van der Waals surface area contributed by atoms with Gasteiger partial charge in [-0.05, 0) is 54.7 Å². The maximum absolute atomic E-state index is 13.0. The van der Waals surface area contributed by atoms with E-state index in [2.05, 4.69) is 10.3 Å². The Morgan fingerprint density at radius 3 is 2.14 bits per heavy atom. The van der Waals surface area contributed by atoms with Gasteiger partial charge >= 0.3 is 0 Å². The van der Waals surface area contributed by atoms with Crippen molar-refractivity contribution in [3.8, 4) is 0 Å². The summed E-state index contributed by atoms with van der Waals surface area (Å²) >= 11 is 0.727. The van der Waals surface area contributed by atoms with Gasteiger partial charge in [-0.15, -0.1) is 0 Å². The van der Waals surface area contributed by atoms with Crippen molar-refractivity contribution in [2.75, 3.05) is 18.4 Å². The number of nitro groups is 1. The first-order valence-corrected chi connectivity index (χ1v) is 15.0. The summed E-state index contributed by atoms with van der Waals surface area (Å²) in [4.78, 5) is 26.7. The number of carbonyl (C=O) groups excluding carboxylic acids is 1. The monoisotopic (exact) mass is 564 g/mol. The molecule has 196 valence electrons. The second kappa shape index (κ2) is 10.3. The molecule has 1 fully saturated rings. The van der Waals surface area contributed by atoms with E-state index < -0.39 is 30.7 Å². The van der Waals surface area contributed by atoms with Gasteiger partial charge in [-0.1, -0.05) is 25.2 Å². The van der Waals surface area contributed by atoms with E-state index >= 15 is 0 Å². The van der Waals surface area contributed by atoms with Gasteiger partial charge in [0.1, 0.15) is 4.21 Å². The number of benzene rings is 2. The standard InChI is InChI=1S/C23H24N4O7S3/c1-15-11-16(2)14-26(13-15)37(33,34)20-7-3-17(4-8-20)22(28)25-23-24-12-21(35-23)36(31,32)19-9-5-18(6-10-19)27(29)30/h3-10,12,15-16H,11,13-14H2,1-2H3,(H,24,25,28)/t15-,16-/m0/s1. The molecule has 14 heteroatoms. The van der Waals surface area contributed by atoms with Crippen molar-refractivity contribution in [3.05, 3.63) is 70.4 Å². The van der Waals surface area contributed by atoms with Crippen LogP contribution in [-0.4, -0.2) is 50.0 Å². The molecule has 37 heavy (non-hydrogen) atoms. The van der Waals surface area contributed by atoms with E-state index in [1.807, 2.05) is 13.8 Å². The van der Waals surface area contributed by atoms with Crippen LogP contribution in [0.25, 0.3) is 0 Å². The van der Waals surface area contributed by atoms with Gasteiger partial charge in [-0.3, -0.25) is 20.2 Å². The molecule has 1 N–H and O–H groups in total. The van der Waals surface area contributed by atoms with E-state index in [0.717, 1.165) is 48.2 Å². The van der Waals surface area contributed by atoms with Gasteiger partial charge in [0, 0.05) is 30.8 Å². The Labute approximate surface area is 218 Å². The number of anilines is 1. The highest BCUT2D eigenvalue weighted by molar-refractivity contribution is 7.93. The minimum absolute atomic E-state index is 0.0264. The summed E-state index contributed by atoms with van der Waals surface area (Å²) in [6.45, 7) is 4.94. The van der Waals surface area contributed by atoms with Gasteiger partial charge in [0.05, 0.1) is 20.9 Å². The van der Waals surface area contributed by atoms with E-state index in [0.29, 0.717) is 13.1 Å². The van der Waals surface area contributed by atoms with Gasteiger partial charge in [-0.2, -0.15) is 4.31 Å². The lowest BCUT2D eigenvalue weighted by molar-refractivity contribution is -0.384. The summed E-state index contributed by atoms with van der Waals surface area (Å²) in [7, 11) is -7.68. The largest absolute Gasteiger partial charge is 0.298 e. The molecule has 1 aliphatic heterocycles. The van der Waals surface area contributed by atoms with Crippen molar-refractivity contribution in [2.24, 2.45) is 11.8 Å². The number of thiazole rings is 1. The molecule has 0 spiro atoms.